The van der Waals surface area contributed by atoms with Crippen LogP contribution in [-0.2, 0) is 10.2 Å². The van der Waals surface area contributed by atoms with Crippen LogP contribution in [0.15, 0.2) is 24.3 Å². The maximum Gasteiger partial charge on any atom is 0.226 e. The van der Waals surface area contributed by atoms with Crippen molar-refractivity contribution in [1.82, 2.24) is 5.32 Å². The van der Waals surface area contributed by atoms with E-state index in [1.54, 1.807) is 0 Å². The van der Waals surface area contributed by atoms with Gasteiger partial charge in [0.25, 0.3) is 0 Å². The number of carbonyl (C=O) groups excluding carboxylic acids is 1. The molecule has 0 unspecified atom stereocenters. The largest absolute Gasteiger partial charge is 0.347 e. The van der Waals surface area contributed by atoms with Crippen LogP contribution in [0.1, 0.15) is 33.3 Å². The van der Waals surface area contributed by atoms with Gasteiger partial charge in [-0.25, -0.2) is 0 Å². The predicted molar refractivity (Wildman–Crippen MR) is 72.5 cm³/mol. The third kappa shape index (κ3) is 1.17. The quantitative estimate of drug-likeness (QED) is 0.759. The number of anilines is 1. The summed E-state index contributed by atoms with van der Waals surface area (Å²) >= 11 is 0. The molecule has 1 fully saturated rings. The van der Waals surface area contributed by atoms with E-state index in [1.165, 1.54) is 11.3 Å². The average molecular weight is 244 g/mol. The van der Waals surface area contributed by atoms with Gasteiger partial charge in [0.05, 0.1) is 5.92 Å². The number of nitrogens with zero attached hydrogens (tertiary/aromatic N) is 1. The first-order chi connectivity index (χ1) is 8.38. The first-order valence-corrected chi connectivity index (χ1v) is 6.57. The molecule has 2 aliphatic rings. The monoisotopic (exact) mass is 244 g/mol. The van der Waals surface area contributed by atoms with Crippen LogP contribution in [0.2, 0.25) is 0 Å². The van der Waals surface area contributed by atoms with Gasteiger partial charge in [0.1, 0.15) is 5.66 Å². The van der Waals surface area contributed by atoms with E-state index in [9.17, 15) is 4.79 Å². The average Bonchev–Trinajstić information content (AvgIpc) is 2.48. The lowest BCUT2D eigenvalue weighted by Crippen LogP contribution is -2.70. The molecule has 3 nitrogen and oxygen atoms in total. The summed E-state index contributed by atoms with van der Waals surface area (Å²) < 4.78 is 0. The van der Waals surface area contributed by atoms with Crippen molar-refractivity contribution < 1.29 is 4.79 Å². The molecular formula is C15H20N2O. The highest BCUT2D eigenvalue weighted by atomic mass is 16.2. The van der Waals surface area contributed by atoms with Gasteiger partial charge in [-0.15, -0.1) is 0 Å². The molecule has 1 saturated heterocycles. The van der Waals surface area contributed by atoms with Crippen LogP contribution in [-0.4, -0.2) is 18.1 Å². The standard InChI is InChI=1S/C15H20N2O/c1-10-9-17-12-8-6-5-7-11(12)14(2,3)15(17,4)16-13(10)18/h5-8,10H,9H2,1-4H3,(H,16,18)/t10-,15-/m1/s1. The fourth-order valence-electron chi connectivity index (χ4n) is 3.30. The van der Waals surface area contributed by atoms with Crippen molar-refractivity contribution in [2.75, 3.05) is 11.4 Å². The van der Waals surface area contributed by atoms with Crippen LogP contribution in [0.4, 0.5) is 5.69 Å². The third-order valence-corrected chi connectivity index (χ3v) is 4.90. The molecule has 2 atom stereocenters. The maximum atomic E-state index is 12.0. The Labute approximate surface area is 108 Å². The molecule has 0 spiro atoms. The number of hydrogen-bond acceptors (Lipinski definition) is 2. The van der Waals surface area contributed by atoms with Gasteiger partial charge in [-0.05, 0) is 18.6 Å². The van der Waals surface area contributed by atoms with Gasteiger partial charge in [0.2, 0.25) is 5.91 Å². The number of fused-ring (bicyclic) bond motifs is 3. The molecule has 1 aromatic rings. The molecular weight excluding hydrogens is 224 g/mol. The van der Waals surface area contributed by atoms with Gasteiger partial charge in [-0.3, -0.25) is 4.79 Å². The van der Waals surface area contributed by atoms with Gasteiger partial charge < -0.3 is 10.2 Å². The zero-order valence-corrected chi connectivity index (χ0v) is 11.4. The summed E-state index contributed by atoms with van der Waals surface area (Å²) in [5, 5.41) is 3.23. The van der Waals surface area contributed by atoms with Crippen molar-refractivity contribution in [2.45, 2.75) is 38.8 Å². The van der Waals surface area contributed by atoms with E-state index < -0.39 is 0 Å². The normalized spacial score (nSPS) is 32.8. The molecule has 1 amide bonds. The van der Waals surface area contributed by atoms with Crippen LogP contribution < -0.4 is 10.2 Å². The molecule has 0 aromatic heterocycles. The second-order valence-corrected chi connectivity index (χ2v) is 6.22. The number of para-hydroxylation sites is 1. The van der Waals surface area contributed by atoms with Crippen LogP contribution in [0.25, 0.3) is 0 Å². The van der Waals surface area contributed by atoms with Crippen molar-refractivity contribution in [3.05, 3.63) is 29.8 Å². The lowest BCUT2D eigenvalue weighted by molar-refractivity contribution is -0.128. The number of amides is 1. The lowest BCUT2D eigenvalue weighted by Gasteiger charge is -2.50. The Morgan fingerprint density at radius 2 is 1.94 bits per heavy atom. The Kier molecular flexibility index (Phi) is 2.11. The molecule has 3 rings (SSSR count). The molecule has 0 radical (unpaired) electrons. The fourth-order valence-corrected chi connectivity index (χ4v) is 3.30. The Bertz CT molecular complexity index is 523. The minimum Gasteiger partial charge on any atom is -0.347 e. The molecule has 0 saturated carbocycles. The Morgan fingerprint density at radius 1 is 1.28 bits per heavy atom. The van der Waals surface area contributed by atoms with Crippen LogP contribution >= 0.6 is 0 Å². The number of rotatable bonds is 0. The zero-order chi connectivity index (χ0) is 13.1. The number of hydrogen-bond donors (Lipinski definition) is 1. The molecule has 96 valence electrons. The summed E-state index contributed by atoms with van der Waals surface area (Å²) in [5.41, 5.74) is 2.18. The Balaban J connectivity index is 2.19. The highest BCUT2D eigenvalue weighted by molar-refractivity contribution is 5.84. The molecule has 1 aromatic carbocycles. The second kappa shape index (κ2) is 3.28. The van der Waals surface area contributed by atoms with E-state index in [0.29, 0.717) is 0 Å². The zero-order valence-electron chi connectivity index (χ0n) is 11.4. The highest BCUT2D eigenvalue weighted by Gasteiger charge is 2.57. The van der Waals surface area contributed by atoms with E-state index in [2.05, 4.69) is 55.3 Å². The molecule has 0 bridgehead atoms. The molecule has 2 heterocycles. The summed E-state index contributed by atoms with van der Waals surface area (Å²) in [6, 6.07) is 8.48. The smallest absolute Gasteiger partial charge is 0.226 e. The van der Waals surface area contributed by atoms with Gasteiger partial charge in [0, 0.05) is 17.6 Å². The summed E-state index contributed by atoms with van der Waals surface area (Å²) in [7, 11) is 0. The van der Waals surface area contributed by atoms with Crippen LogP contribution in [0.3, 0.4) is 0 Å². The number of nitrogens with one attached hydrogen (secondary N) is 1. The van der Waals surface area contributed by atoms with Crippen LogP contribution in [0, 0.1) is 5.92 Å². The van der Waals surface area contributed by atoms with Crippen molar-refractivity contribution in [2.24, 2.45) is 5.92 Å². The molecule has 1 N–H and O–H groups in total. The summed E-state index contributed by atoms with van der Waals surface area (Å²) in [5.74, 6) is 0.203. The minimum atomic E-state index is -0.319. The lowest BCUT2D eigenvalue weighted by atomic mass is 9.75. The van der Waals surface area contributed by atoms with Crippen molar-refractivity contribution in [3.63, 3.8) is 0 Å². The topological polar surface area (TPSA) is 32.3 Å². The summed E-state index contributed by atoms with van der Waals surface area (Å²) in [6.07, 6.45) is 0. The number of carbonyl (C=O) groups is 1. The van der Waals surface area contributed by atoms with Gasteiger partial charge >= 0.3 is 0 Å². The molecule has 3 heteroatoms. The molecule has 18 heavy (non-hydrogen) atoms. The third-order valence-electron chi connectivity index (χ3n) is 4.90. The van der Waals surface area contributed by atoms with E-state index in [1.807, 2.05) is 6.92 Å². The Hall–Kier alpha value is -1.51. The second-order valence-electron chi connectivity index (χ2n) is 6.22. The van der Waals surface area contributed by atoms with E-state index >= 15 is 0 Å². The fraction of sp³-hybridized carbons (Fsp3) is 0.533. The van der Waals surface area contributed by atoms with E-state index in [4.69, 9.17) is 0 Å². The highest BCUT2D eigenvalue weighted by Crippen LogP contribution is 2.51. The van der Waals surface area contributed by atoms with Crippen LogP contribution in [0.5, 0.6) is 0 Å². The van der Waals surface area contributed by atoms with Crippen molar-refractivity contribution in [1.29, 1.82) is 0 Å². The first-order valence-electron chi connectivity index (χ1n) is 6.57. The van der Waals surface area contributed by atoms with Crippen molar-refractivity contribution in [3.8, 4) is 0 Å². The predicted octanol–water partition coefficient (Wildman–Crippen LogP) is 2.27. The molecule has 2 aliphatic heterocycles. The summed E-state index contributed by atoms with van der Waals surface area (Å²) in [4.78, 5) is 14.4. The number of benzene rings is 1. The Morgan fingerprint density at radius 3 is 2.67 bits per heavy atom. The first kappa shape index (κ1) is 11.6. The summed E-state index contributed by atoms with van der Waals surface area (Å²) in [6.45, 7) is 9.34. The SMILES string of the molecule is C[C@@H]1CN2c3ccccc3C(C)(C)[C@]2(C)NC1=O. The maximum absolute atomic E-state index is 12.0. The van der Waals surface area contributed by atoms with Gasteiger partial charge in [-0.1, -0.05) is 39.0 Å². The molecule has 0 aliphatic carbocycles. The van der Waals surface area contributed by atoms with Gasteiger partial charge in [0.15, 0.2) is 0 Å². The minimum absolute atomic E-state index is 0.0417. The van der Waals surface area contributed by atoms with E-state index in [-0.39, 0.29) is 22.9 Å². The van der Waals surface area contributed by atoms with Gasteiger partial charge in [-0.2, -0.15) is 0 Å². The van der Waals surface area contributed by atoms with Crippen molar-refractivity contribution >= 4 is 11.6 Å². The van der Waals surface area contributed by atoms with E-state index in [0.717, 1.165) is 6.54 Å².